The van der Waals surface area contributed by atoms with Crippen LogP contribution in [-0.2, 0) is 80.0 Å². The molecule has 1 aliphatic rings. The largest absolute Gasteiger partial charge is 0.508 e. The smallest absolute Gasteiger partial charge is 0.325 e. The van der Waals surface area contributed by atoms with E-state index in [1.54, 1.807) is 60.7 Å². The minimum Gasteiger partial charge on any atom is -0.508 e. The van der Waals surface area contributed by atoms with Gasteiger partial charge in [-0.3, -0.25) is 57.9 Å². The fraction of sp³-hybridized carbons (Fsp3) is 0.378. The first-order valence-electron chi connectivity index (χ1n) is 34.2. The average Bonchev–Trinajstić information content (AvgIpc) is 1.78. The lowest BCUT2D eigenvalue weighted by molar-refractivity contribution is -0.144. The number of aliphatic carboxylic acids is 1. The number of nitrogens with zero attached hydrogens (tertiary/aromatic N) is 3. The van der Waals surface area contributed by atoms with Crippen LogP contribution >= 0.6 is 0 Å². The summed E-state index contributed by atoms with van der Waals surface area (Å²) < 4.78 is 0. The number of phenols is 1. The van der Waals surface area contributed by atoms with Gasteiger partial charge < -0.3 is 91.0 Å². The van der Waals surface area contributed by atoms with Crippen molar-refractivity contribution in [2.75, 3.05) is 32.8 Å². The Kier molecular flexibility index (Phi) is 30.7. The van der Waals surface area contributed by atoms with Gasteiger partial charge in [-0.15, -0.1) is 0 Å². The zero-order chi connectivity index (χ0) is 74.4. The van der Waals surface area contributed by atoms with Gasteiger partial charge >= 0.3 is 5.97 Å². The SMILES string of the molecule is CC(=O)N[C@H](CN[C@@H](Cc1ccccc1)C(=O)N[C@@H](Cc1ccccc1)C(=O)N[C@@H](CO)C(=O)N[C@@H](Cc1ccc(O)cc1)C(=O)N[C@@H](CCCN=C(N)N)C(=O)N[C@@H](Cc1ccccc1)C(=O)N[C@@H](CCCN=C(N)N)C(=O)N1CCC[C@@H]1C(=O)N[C@@H](C)C(=O)O)Cc1ccc2ccccc2c1. The number of amides is 9. The number of phenolic OH excluding ortho intramolecular Hbond substituents is 1. The molecular formula is C74H94N16O13. The molecule has 1 heterocycles. The molecule has 1 fully saturated rings. The second-order valence-electron chi connectivity index (χ2n) is 25.4. The molecular weight excluding hydrogens is 1320 g/mol. The van der Waals surface area contributed by atoms with Crippen LogP contribution in [0.3, 0.4) is 0 Å². The number of aromatic hydroxyl groups is 1. The van der Waals surface area contributed by atoms with Crippen molar-refractivity contribution in [1.82, 2.24) is 52.8 Å². The summed E-state index contributed by atoms with van der Waals surface area (Å²) in [5.41, 5.74) is 25.8. The van der Waals surface area contributed by atoms with Crippen LogP contribution in [0.2, 0.25) is 0 Å². The quantitative estimate of drug-likeness (QED) is 0.0138. The Morgan fingerprint density at radius 2 is 0.903 bits per heavy atom. The van der Waals surface area contributed by atoms with Crippen molar-refractivity contribution >= 4 is 81.8 Å². The van der Waals surface area contributed by atoms with Gasteiger partial charge in [-0.1, -0.05) is 146 Å². The monoisotopic (exact) mass is 1410 g/mol. The van der Waals surface area contributed by atoms with E-state index in [2.05, 4.69) is 57.8 Å². The number of aliphatic imine (C=N–C) groups is 2. The van der Waals surface area contributed by atoms with Crippen molar-refractivity contribution in [2.24, 2.45) is 32.9 Å². The first-order chi connectivity index (χ1) is 49.4. The predicted octanol–water partition coefficient (Wildman–Crippen LogP) is 0.110. The normalized spacial score (nSPS) is 15.1. The maximum Gasteiger partial charge on any atom is 0.325 e. The molecule has 0 spiro atoms. The molecule has 9 amide bonds. The van der Waals surface area contributed by atoms with Gasteiger partial charge in [0.1, 0.15) is 54.1 Å². The number of nitrogens with two attached hydrogens (primary N) is 4. The molecule has 0 saturated carbocycles. The third-order valence-corrected chi connectivity index (χ3v) is 17.3. The number of hydrogen-bond donors (Lipinski definition) is 16. The number of carboxylic acid groups (broad SMARTS) is 1. The van der Waals surface area contributed by atoms with Gasteiger partial charge in [-0.2, -0.15) is 0 Å². The van der Waals surface area contributed by atoms with Gasteiger partial charge in [-0.25, -0.2) is 0 Å². The molecule has 1 saturated heterocycles. The van der Waals surface area contributed by atoms with Crippen LogP contribution in [0.4, 0.5) is 0 Å². The van der Waals surface area contributed by atoms with Crippen molar-refractivity contribution in [2.45, 2.75) is 145 Å². The number of guanidine groups is 2. The Balaban J connectivity index is 1.13. The van der Waals surface area contributed by atoms with E-state index in [9.17, 15) is 63.3 Å². The number of carboxylic acids is 1. The number of carbonyl (C=O) groups excluding carboxylic acids is 9. The first-order valence-corrected chi connectivity index (χ1v) is 34.2. The number of hydrogen-bond acceptors (Lipinski definition) is 15. The third kappa shape index (κ3) is 25.9. The molecule has 29 heteroatoms. The van der Waals surface area contributed by atoms with Crippen LogP contribution in [0.5, 0.6) is 5.75 Å². The number of carbonyl (C=O) groups is 10. The Bertz CT molecular complexity index is 3900. The highest BCUT2D eigenvalue weighted by Crippen LogP contribution is 2.22. The van der Waals surface area contributed by atoms with E-state index >= 15 is 0 Å². The zero-order valence-corrected chi connectivity index (χ0v) is 57.7. The molecule has 7 rings (SSSR count). The zero-order valence-electron chi connectivity index (χ0n) is 57.7. The highest BCUT2D eigenvalue weighted by Gasteiger charge is 2.40. The molecule has 1 aliphatic heterocycles. The summed E-state index contributed by atoms with van der Waals surface area (Å²) in [5.74, 6) is -8.85. The number of aliphatic hydroxyl groups excluding tert-OH is 1. The molecule has 6 aromatic rings. The van der Waals surface area contributed by atoms with Gasteiger partial charge in [0.25, 0.3) is 0 Å². The van der Waals surface area contributed by atoms with E-state index in [-0.39, 0.29) is 108 Å². The van der Waals surface area contributed by atoms with E-state index < -0.39 is 120 Å². The molecule has 6 aromatic carbocycles. The van der Waals surface area contributed by atoms with Gasteiger partial charge in [0.15, 0.2) is 11.9 Å². The van der Waals surface area contributed by atoms with Crippen molar-refractivity contribution in [3.8, 4) is 5.75 Å². The number of aliphatic hydroxyl groups is 1. The summed E-state index contributed by atoms with van der Waals surface area (Å²) in [6.07, 6.45) is 0.589. The predicted molar refractivity (Wildman–Crippen MR) is 388 cm³/mol. The molecule has 548 valence electrons. The number of rotatable bonds is 39. The molecule has 29 nitrogen and oxygen atoms in total. The Morgan fingerprint density at radius 3 is 1.40 bits per heavy atom. The minimum absolute atomic E-state index is 0.0302. The van der Waals surface area contributed by atoms with Crippen LogP contribution < -0.4 is 70.8 Å². The lowest BCUT2D eigenvalue weighted by Crippen LogP contribution is -2.61. The average molecular weight is 1420 g/mol. The molecule has 0 bridgehead atoms. The maximum atomic E-state index is 15.0. The molecule has 20 N–H and O–H groups in total. The van der Waals surface area contributed by atoms with Crippen molar-refractivity contribution in [3.63, 3.8) is 0 Å². The van der Waals surface area contributed by atoms with Crippen LogP contribution in [0, 0.1) is 0 Å². The summed E-state index contributed by atoms with van der Waals surface area (Å²) >= 11 is 0. The Labute approximate surface area is 597 Å². The minimum atomic E-state index is -1.77. The molecule has 0 aromatic heterocycles. The summed E-state index contributed by atoms with van der Waals surface area (Å²) in [6, 6.07) is 33.2. The highest BCUT2D eigenvalue weighted by molar-refractivity contribution is 5.99. The lowest BCUT2D eigenvalue weighted by Gasteiger charge is -2.30. The standard InChI is InChI=1S/C74H94N16O13/c1-45(72(102)103)82-70(100)63-27-16-36-90(63)71(101)57(26-15-35-80-74(77)78)85-67(97)59(40-48-19-8-4-9-20-48)86-64(94)56(25-14-34-79-73(75)76)84-66(96)61(42-50-29-32-55(93)33-30-50)88-69(99)62(44-91)89-68(98)60(41-49-21-10-5-11-22-49)87-65(95)58(39-47-17-6-3-7-18-47)81-43-54(83-46(2)92)38-51-28-31-52-23-12-13-24-53(52)37-51/h3-13,17-24,28-33,37,45,54,56-63,81,91,93H,14-16,25-27,34-36,38-44H2,1-2H3,(H,82,100)(H,83,92)(H,84,96)(H,85,97)(H,86,94)(H,87,95)(H,88,99)(H,89,98)(H,102,103)(H4,75,76,79)(H4,77,78,80)/t45-,54-,56-,57-,58-,59-,60-,61-,62-,63+/m0/s1. The van der Waals surface area contributed by atoms with Crippen molar-refractivity contribution in [3.05, 3.63) is 186 Å². The van der Waals surface area contributed by atoms with E-state index in [4.69, 9.17) is 22.9 Å². The van der Waals surface area contributed by atoms with E-state index in [1.807, 2.05) is 72.8 Å². The highest BCUT2D eigenvalue weighted by atomic mass is 16.4. The number of benzene rings is 6. The van der Waals surface area contributed by atoms with Crippen LogP contribution in [0.25, 0.3) is 10.8 Å². The van der Waals surface area contributed by atoms with Crippen molar-refractivity contribution in [1.29, 1.82) is 0 Å². The van der Waals surface area contributed by atoms with E-state index in [1.165, 1.54) is 43.0 Å². The van der Waals surface area contributed by atoms with Crippen LogP contribution in [0.15, 0.2) is 168 Å². The molecule has 0 aliphatic carbocycles. The fourth-order valence-electron chi connectivity index (χ4n) is 11.9. The molecule has 103 heavy (non-hydrogen) atoms. The topological polar surface area (TPSA) is 472 Å². The van der Waals surface area contributed by atoms with Gasteiger partial charge in [0, 0.05) is 58.4 Å². The van der Waals surface area contributed by atoms with Gasteiger partial charge in [0.05, 0.1) is 12.6 Å². The number of nitrogens with one attached hydrogen (secondary N) is 9. The second-order valence-corrected chi connectivity index (χ2v) is 25.4. The maximum absolute atomic E-state index is 15.0. The van der Waals surface area contributed by atoms with Crippen LogP contribution in [0.1, 0.15) is 80.2 Å². The molecule has 0 unspecified atom stereocenters. The summed E-state index contributed by atoms with van der Waals surface area (Å²) in [7, 11) is 0. The lowest BCUT2D eigenvalue weighted by atomic mass is 10.00. The van der Waals surface area contributed by atoms with Gasteiger partial charge in [0.2, 0.25) is 53.2 Å². The number of fused-ring (bicyclic) bond motifs is 1. The Hall–Kier alpha value is -11.5. The molecule has 0 radical (unpaired) electrons. The summed E-state index contributed by atoms with van der Waals surface area (Å²) in [5, 5.41) is 57.9. The summed E-state index contributed by atoms with van der Waals surface area (Å²) in [4.78, 5) is 151. The van der Waals surface area contributed by atoms with Crippen LogP contribution in [-0.4, -0.2) is 184 Å². The summed E-state index contributed by atoms with van der Waals surface area (Å²) in [6.45, 7) is 1.91. The Morgan fingerprint density at radius 1 is 0.485 bits per heavy atom. The van der Waals surface area contributed by atoms with E-state index in [0.717, 1.165) is 21.9 Å². The molecule has 10 atom stereocenters. The number of likely N-dealkylation sites (tertiary alicyclic amines) is 1. The van der Waals surface area contributed by atoms with E-state index in [0.29, 0.717) is 29.5 Å². The van der Waals surface area contributed by atoms with Crippen molar-refractivity contribution < 1.29 is 63.3 Å². The first kappa shape index (κ1) is 78.9. The van der Waals surface area contributed by atoms with Gasteiger partial charge in [-0.05, 0) is 109 Å². The third-order valence-electron chi connectivity index (χ3n) is 17.3. The fourth-order valence-corrected chi connectivity index (χ4v) is 11.9. The second kappa shape index (κ2) is 40.1.